The summed E-state index contributed by atoms with van der Waals surface area (Å²) in [4.78, 5) is 35.7. The molecule has 0 bridgehead atoms. The van der Waals surface area contributed by atoms with Gasteiger partial charge < -0.3 is 5.11 Å². The van der Waals surface area contributed by atoms with Crippen molar-refractivity contribution in [2.75, 3.05) is 0 Å². The van der Waals surface area contributed by atoms with Crippen LogP contribution in [0.2, 0.25) is 0 Å². The lowest BCUT2D eigenvalue weighted by atomic mass is 10.0. The van der Waals surface area contributed by atoms with Crippen molar-refractivity contribution in [3.63, 3.8) is 0 Å². The quantitative estimate of drug-likeness (QED) is 0.712. The summed E-state index contributed by atoms with van der Waals surface area (Å²) in [6, 6.07) is 0. The number of nitrogens with zero attached hydrogens (tertiary/aromatic N) is 1. The third-order valence-corrected chi connectivity index (χ3v) is 3.17. The van der Waals surface area contributed by atoms with Gasteiger partial charge in [0.15, 0.2) is 0 Å². The van der Waals surface area contributed by atoms with Crippen LogP contribution in [-0.2, 0) is 6.54 Å². The van der Waals surface area contributed by atoms with Crippen LogP contribution in [0.15, 0.2) is 15.8 Å². The molecule has 0 aliphatic rings. The van der Waals surface area contributed by atoms with Gasteiger partial charge in [0.2, 0.25) is 0 Å². The van der Waals surface area contributed by atoms with E-state index in [1.807, 2.05) is 4.98 Å². The normalized spacial score (nSPS) is 10.9. The molecule has 112 valence electrons. The zero-order valence-corrected chi connectivity index (χ0v) is 12.0. The second kappa shape index (κ2) is 7.67. The number of aromatic nitrogens is 2. The highest BCUT2D eigenvalue weighted by molar-refractivity contribution is 5.86. The molecule has 0 unspecified atom stereocenters. The number of hydrogen-bond donors (Lipinski definition) is 2. The molecule has 0 saturated carbocycles. The molecule has 0 atom stereocenters. The maximum atomic E-state index is 11.5. The van der Waals surface area contributed by atoms with Crippen LogP contribution in [0.25, 0.3) is 0 Å². The topological polar surface area (TPSA) is 92.2 Å². The van der Waals surface area contributed by atoms with Crippen LogP contribution < -0.4 is 11.2 Å². The lowest BCUT2D eigenvalue weighted by molar-refractivity contribution is 0.0693. The summed E-state index contributed by atoms with van der Waals surface area (Å²) in [5.41, 5.74) is -1.80. The Morgan fingerprint density at radius 3 is 2.50 bits per heavy atom. The molecule has 6 nitrogen and oxygen atoms in total. The molecule has 1 aromatic heterocycles. The van der Waals surface area contributed by atoms with Gasteiger partial charge in [-0.05, 0) is 12.3 Å². The maximum absolute atomic E-state index is 11.5. The lowest BCUT2D eigenvalue weighted by Gasteiger charge is -2.07. The van der Waals surface area contributed by atoms with E-state index in [9.17, 15) is 14.4 Å². The van der Waals surface area contributed by atoms with Gasteiger partial charge in [-0.15, -0.1) is 0 Å². The van der Waals surface area contributed by atoms with Crippen molar-refractivity contribution < 1.29 is 9.90 Å². The van der Waals surface area contributed by atoms with Gasteiger partial charge in [0.05, 0.1) is 0 Å². The minimum Gasteiger partial charge on any atom is -0.477 e. The van der Waals surface area contributed by atoms with Gasteiger partial charge >= 0.3 is 11.7 Å². The monoisotopic (exact) mass is 282 g/mol. The zero-order chi connectivity index (χ0) is 15.1. The molecule has 0 spiro atoms. The molecule has 0 aliphatic carbocycles. The fourth-order valence-electron chi connectivity index (χ4n) is 2.02. The minimum atomic E-state index is -1.32. The van der Waals surface area contributed by atoms with Crippen LogP contribution in [0.1, 0.15) is 56.3 Å². The molecule has 2 N–H and O–H groups in total. The van der Waals surface area contributed by atoms with Gasteiger partial charge in [0, 0.05) is 12.7 Å². The van der Waals surface area contributed by atoms with Crippen LogP contribution in [0.4, 0.5) is 0 Å². The molecule has 0 aromatic carbocycles. The Kier molecular flexibility index (Phi) is 6.21. The molecule has 0 saturated heterocycles. The average Bonchev–Trinajstić information content (AvgIpc) is 2.34. The second-order valence-electron chi connectivity index (χ2n) is 5.40. The average molecular weight is 282 g/mol. The van der Waals surface area contributed by atoms with Crippen molar-refractivity contribution in [1.29, 1.82) is 0 Å². The Morgan fingerprint density at radius 2 is 1.90 bits per heavy atom. The highest BCUT2D eigenvalue weighted by atomic mass is 16.4. The molecule has 0 radical (unpaired) electrons. The van der Waals surface area contributed by atoms with Crippen molar-refractivity contribution in [2.24, 2.45) is 5.92 Å². The predicted molar refractivity (Wildman–Crippen MR) is 76.2 cm³/mol. The molecular weight excluding hydrogens is 260 g/mol. The number of hydrogen-bond acceptors (Lipinski definition) is 3. The smallest absolute Gasteiger partial charge is 0.342 e. The number of carboxylic acid groups (broad SMARTS) is 1. The van der Waals surface area contributed by atoms with E-state index in [1.165, 1.54) is 17.4 Å². The van der Waals surface area contributed by atoms with Crippen molar-refractivity contribution in [3.05, 3.63) is 32.6 Å². The number of H-pyrrole nitrogens is 1. The van der Waals surface area contributed by atoms with E-state index in [4.69, 9.17) is 5.11 Å². The third kappa shape index (κ3) is 5.03. The molecule has 1 aromatic rings. The third-order valence-electron chi connectivity index (χ3n) is 3.17. The first-order valence-electron chi connectivity index (χ1n) is 6.99. The van der Waals surface area contributed by atoms with Gasteiger partial charge in [0.25, 0.3) is 5.56 Å². The van der Waals surface area contributed by atoms with E-state index >= 15 is 0 Å². The summed E-state index contributed by atoms with van der Waals surface area (Å²) in [5, 5.41) is 8.84. The van der Waals surface area contributed by atoms with Gasteiger partial charge in [-0.2, -0.15) is 0 Å². The van der Waals surface area contributed by atoms with E-state index in [-0.39, 0.29) is 0 Å². The first-order valence-corrected chi connectivity index (χ1v) is 6.99. The van der Waals surface area contributed by atoms with Crippen molar-refractivity contribution in [3.8, 4) is 0 Å². The molecule has 1 heterocycles. The van der Waals surface area contributed by atoms with Crippen molar-refractivity contribution >= 4 is 5.97 Å². The Hall–Kier alpha value is -1.85. The summed E-state index contributed by atoms with van der Waals surface area (Å²) in [5.74, 6) is -0.619. The Morgan fingerprint density at radius 1 is 1.25 bits per heavy atom. The molecule has 0 fully saturated rings. The van der Waals surface area contributed by atoms with Gasteiger partial charge in [-0.25, -0.2) is 9.59 Å². The molecule has 20 heavy (non-hydrogen) atoms. The first-order chi connectivity index (χ1) is 9.41. The highest BCUT2D eigenvalue weighted by Crippen LogP contribution is 2.09. The number of aryl methyl sites for hydroxylation is 1. The van der Waals surface area contributed by atoms with Gasteiger partial charge in [-0.1, -0.05) is 39.5 Å². The summed E-state index contributed by atoms with van der Waals surface area (Å²) in [7, 11) is 0. The van der Waals surface area contributed by atoms with Gasteiger partial charge in [-0.3, -0.25) is 14.3 Å². The summed E-state index contributed by atoms with van der Waals surface area (Å²) in [6.45, 7) is 4.80. The number of nitrogens with one attached hydrogen (secondary N) is 1. The number of unbranched alkanes of at least 4 members (excludes halogenated alkanes) is 3. The standard InChI is InChI=1S/C14H22N2O4/c1-10(2)7-5-3-4-6-8-16-9-11(13(18)19)12(17)15-14(16)20/h9-10H,3-8H2,1-2H3,(H,18,19)(H,15,17,20). The van der Waals surface area contributed by atoms with E-state index in [2.05, 4.69) is 13.8 Å². The first kappa shape index (κ1) is 16.2. The van der Waals surface area contributed by atoms with E-state index < -0.39 is 22.8 Å². The van der Waals surface area contributed by atoms with Crippen LogP contribution in [0.5, 0.6) is 0 Å². The minimum absolute atomic E-state index is 0.399. The van der Waals surface area contributed by atoms with E-state index in [1.54, 1.807) is 0 Å². The van der Waals surface area contributed by atoms with Crippen molar-refractivity contribution in [2.45, 2.75) is 52.5 Å². The van der Waals surface area contributed by atoms with E-state index in [0.717, 1.165) is 25.5 Å². The predicted octanol–water partition coefficient (Wildman–Crippen LogP) is 1.84. The number of aromatic carboxylic acids is 1. The van der Waals surface area contributed by atoms with Crippen LogP contribution in [-0.4, -0.2) is 20.6 Å². The van der Waals surface area contributed by atoms with Crippen LogP contribution >= 0.6 is 0 Å². The fraction of sp³-hybridized carbons (Fsp3) is 0.643. The van der Waals surface area contributed by atoms with Crippen LogP contribution in [0, 0.1) is 5.92 Å². The highest BCUT2D eigenvalue weighted by Gasteiger charge is 2.11. The Balaban J connectivity index is 2.52. The summed E-state index contributed by atoms with van der Waals surface area (Å²) in [6.07, 6.45) is 6.36. The summed E-state index contributed by atoms with van der Waals surface area (Å²) >= 11 is 0. The molecular formula is C14H22N2O4. The molecule has 1 rings (SSSR count). The lowest BCUT2D eigenvalue weighted by Crippen LogP contribution is -2.33. The fourth-order valence-corrected chi connectivity index (χ4v) is 2.02. The second-order valence-corrected chi connectivity index (χ2v) is 5.40. The molecule has 0 aliphatic heterocycles. The number of carbonyl (C=O) groups is 1. The molecule has 6 heteroatoms. The molecule has 0 amide bonds. The van der Waals surface area contributed by atoms with E-state index in [0.29, 0.717) is 12.5 Å². The number of aromatic amines is 1. The Bertz CT molecular complexity index is 557. The van der Waals surface area contributed by atoms with Crippen LogP contribution in [0.3, 0.4) is 0 Å². The van der Waals surface area contributed by atoms with Crippen molar-refractivity contribution in [1.82, 2.24) is 9.55 Å². The largest absolute Gasteiger partial charge is 0.477 e. The number of rotatable bonds is 8. The van der Waals surface area contributed by atoms with Gasteiger partial charge in [0.1, 0.15) is 5.56 Å². The zero-order valence-electron chi connectivity index (χ0n) is 12.0. The Labute approximate surface area is 117 Å². The SMILES string of the molecule is CC(C)CCCCCCn1cc(C(=O)O)c(=O)[nH]c1=O. The summed E-state index contributed by atoms with van der Waals surface area (Å²) < 4.78 is 1.26. The number of carboxylic acids is 1. The maximum Gasteiger partial charge on any atom is 0.342 e.